The van der Waals surface area contributed by atoms with E-state index in [2.05, 4.69) is 72.3 Å². The lowest BCUT2D eigenvalue weighted by Gasteiger charge is -2.23. The number of benzene rings is 1. The first-order chi connectivity index (χ1) is 10.2. The zero-order valence-electron chi connectivity index (χ0n) is 13.9. The van der Waals surface area contributed by atoms with Gasteiger partial charge in [-0.2, -0.15) is 0 Å². The summed E-state index contributed by atoms with van der Waals surface area (Å²) in [5, 5.41) is 6.45. The fourth-order valence-electron chi connectivity index (χ4n) is 1.90. The molecule has 0 aliphatic carbocycles. The molecule has 1 rings (SSSR count). The van der Waals surface area contributed by atoms with Crippen LogP contribution in [0.3, 0.4) is 0 Å². The lowest BCUT2D eigenvalue weighted by atomic mass is 10.2. The van der Waals surface area contributed by atoms with Gasteiger partial charge in [-0.3, -0.25) is 9.89 Å². The summed E-state index contributed by atoms with van der Waals surface area (Å²) in [4.78, 5) is 6.93. The number of hydrogen-bond donors (Lipinski definition) is 2. The molecule has 0 heterocycles. The molecule has 1 atom stereocenters. The molecular weight excluding hydrogens is 387 g/mol. The first-order valence-electron chi connectivity index (χ1n) is 7.54. The molecule has 4 nitrogen and oxygen atoms in total. The van der Waals surface area contributed by atoms with Gasteiger partial charge in [0, 0.05) is 25.7 Å². The Bertz CT molecular complexity index is 434. The number of hydrogen-bond acceptors (Lipinski definition) is 2. The average molecular weight is 416 g/mol. The lowest BCUT2D eigenvalue weighted by molar-refractivity contribution is 0.255. The number of rotatable bonds is 8. The van der Waals surface area contributed by atoms with Crippen molar-refractivity contribution in [2.75, 3.05) is 26.7 Å². The average Bonchev–Trinajstić information content (AvgIpc) is 2.50. The second kappa shape index (κ2) is 12.5. The van der Waals surface area contributed by atoms with Crippen molar-refractivity contribution in [3.63, 3.8) is 0 Å². The van der Waals surface area contributed by atoms with Crippen molar-refractivity contribution in [1.29, 1.82) is 0 Å². The Hall–Kier alpha value is -1.08. The third-order valence-corrected chi connectivity index (χ3v) is 3.30. The number of nitrogens with one attached hydrogen (secondary N) is 2. The second-order valence-electron chi connectivity index (χ2n) is 5.14. The summed E-state index contributed by atoms with van der Waals surface area (Å²) < 4.78 is 0. The lowest BCUT2D eigenvalue weighted by Crippen LogP contribution is -2.39. The fourth-order valence-corrected chi connectivity index (χ4v) is 1.90. The van der Waals surface area contributed by atoms with Gasteiger partial charge in [-0.25, -0.2) is 0 Å². The summed E-state index contributed by atoms with van der Waals surface area (Å²) in [5.74, 6) is 0.845. The highest BCUT2D eigenvalue weighted by Crippen LogP contribution is 2.06. The first kappa shape index (κ1) is 20.9. The fraction of sp³-hybridized carbons (Fsp3) is 0.471. The van der Waals surface area contributed by atoms with Crippen LogP contribution in [0, 0.1) is 0 Å². The van der Waals surface area contributed by atoms with Crippen LogP contribution in [0.1, 0.15) is 19.4 Å². The van der Waals surface area contributed by atoms with Crippen molar-refractivity contribution in [2.45, 2.75) is 26.4 Å². The Morgan fingerprint density at radius 2 is 2.00 bits per heavy atom. The molecule has 0 saturated carbocycles. The van der Waals surface area contributed by atoms with Crippen LogP contribution in [0.15, 0.2) is 48.0 Å². The summed E-state index contributed by atoms with van der Waals surface area (Å²) in [6.07, 6.45) is 1.83. The van der Waals surface area contributed by atoms with E-state index in [1.54, 1.807) is 0 Å². The minimum atomic E-state index is 0. The molecule has 0 radical (unpaired) electrons. The molecule has 0 saturated heterocycles. The summed E-state index contributed by atoms with van der Waals surface area (Å²) >= 11 is 0. The molecule has 2 N–H and O–H groups in total. The zero-order chi connectivity index (χ0) is 15.5. The quantitative estimate of drug-likeness (QED) is 0.296. The van der Waals surface area contributed by atoms with Crippen molar-refractivity contribution in [3.05, 3.63) is 48.6 Å². The summed E-state index contributed by atoms with van der Waals surface area (Å²) in [7, 11) is 2.14. The van der Waals surface area contributed by atoms with Crippen molar-refractivity contribution in [2.24, 2.45) is 4.99 Å². The van der Waals surface area contributed by atoms with Gasteiger partial charge in [-0.05, 0) is 26.5 Å². The van der Waals surface area contributed by atoms with E-state index in [9.17, 15) is 0 Å². The smallest absolute Gasteiger partial charge is 0.191 e. The van der Waals surface area contributed by atoms with Gasteiger partial charge in [0.1, 0.15) is 0 Å². The van der Waals surface area contributed by atoms with Crippen LogP contribution in [0.5, 0.6) is 0 Å². The van der Waals surface area contributed by atoms with Crippen LogP contribution in [-0.4, -0.2) is 43.6 Å². The van der Waals surface area contributed by atoms with Crippen LogP contribution in [0.4, 0.5) is 0 Å². The number of halogens is 1. The van der Waals surface area contributed by atoms with Crippen LogP contribution >= 0.6 is 24.0 Å². The number of aliphatic imine (C=N–C) groups is 1. The maximum absolute atomic E-state index is 4.62. The van der Waals surface area contributed by atoms with Gasteiger partial charge in [-0.15, -0.1) is 30.6 Å². The summed E-state index contributed by atoms with van der Waals surface area (Å²) in [6, 6.07) is 10.9. The molecule has 1 aromatic carbocycles. The predicted molar refractivity (Wildman–Crippen MR) is 107 cm³/mol. The highest BCUT2D eigenvalue weighted by molar-refractivity contribution is 14.0. The molecule has 5 heteroatoms. The Morgan fingerprint density at radius 3 is 2.59 bits per heavy atom. The SMILES string of the molecule is C=CCNC(=NCC(C)N(C)Cc1ccccc1)NCC.I. The van der Waals surface area contributed by atoms with Crippen molar-refractivity contribution >= 4 is 29.9 Å². The minimum absolute atomic E-state index is 0. The van der Waals surface area contributed by atoms with Crippen LogP contribution in [0.2, 0.25) is 0 Å². The van der Waals surface area contributed by atoms with Gasteiger partial charge in [0.2, 0.25) is 0 Å². The summed E-state index contributed by atoms with van der Waals surface area (Å²) in [6.45, 7) is 11.3. The molecule has 0 aromatic heterocycles. The molecule has 0 bridgehead atoms. The normalized spacial score (nSPS) is 12.5. The molecule has 1 unspecified atom stereocenters. The van der Waals surface area contributed by atoms with Crippen LogP contribution in [-0.2, 0) is 6.54 Å². The van der Waals surface area contributed by atoms with Gasteiger partial charge in [0.25, 0.3) is 0 Å². The molecule has 0 amide bonds. The standard InChI is InChI=1S/C17H28N4.HI/c1-5-12-19-17(18-6-2)20-13-15(3)21(4)14-16-10-8-7-9-11-16;/h5,7-11,15H,1,6,12-14H2,2-4H3,(H2,18,19,20);1H. The molecule has 0 spiro atoms. The van der Waals surface area contributed by atoms with Gasteiger partial charge < -0.3 is 10.6 Å². The van der Waals surface area contributed by atoms with E-state index in [-0.39, 0.29) is 24.0 Å². The maximum Gasteiger partial charge on any atom is 0.191 e. The van der Waals surface area contributed by atoms with E-state index < -0.39 is 0 Å². The van der Waals surface area contributed by atoms with Gasteiger partial charge in [-0.1, -0.05) is 36.4 Å². The van der Waals surface area contributed by atoms with E-state index in [1.807, 2.05) is 12.1 Å². The van der Waals surface area contributed by atoms with Gasteiger partial charge >= 0.3 is 0 Å². The summed E-state index contributed by atoms with van der Waals surface area (Å²) in [5.41, 5.74) is 1.33. The molecule has 22 heavy (non-hydrogen) atoms. The molecule has 0 aliphatic rings. The molecule has 1 aromatic rings. The Labute approximate surface area is 152 Å². The second-order valence-corrected chi connectivity index (χ2v) is 5.14. The third kappa shape index (κ3) is 8.38. The van der Waals surface area contributed by atoms with Gasteiger partial charge in [0.05, 0.1) is 6.54 Å². The van der Waals surface area contributed by atoms with Gasteiger partial charge in [0.15, 0.2) is 5.96 Å². The monoisotopic (exact) mass is 416 g/mol. The number of nitrogens with zero attached hydrogens (tertiary/aromatic N) is 2. The Balaban J connectivity index is 0.00000441. The topological polar surface area (TPSA) is 39.7 Å². The van der Waals surface area contributed by atoms with Crippen molar-refractivity contribution in [3.8, 4) is 0 Å². The van der Waals surface area contributed by atoms with Crippen molar-refractivity contribution < 1.29 is 0 Å². The number of likely N-dealkylation sites (N-methyl/N-ethyl adjacent to an activating group) is 1. The molecule has 0 aliphatic heterocycles. The number of guanidine groups is 1. The highest BCUT2D eigenvalue weighted by atomic mass is 127. The predicted octanol–water partition coefficient (Wildman–Crippen LogP) is 2.87. The van der Waals surface area contributed by atoms with E-state index >= 15 is 0 Å². The molecule has 0 fully saturated rings. The maximum atomic E-state index is 4.62. The third-order valence-electron chi connectivity index (χ3n) is 3.30. The van der Waals surface area contributed by atoms with Crippen LogP contribution in [0.25, 0.3) is 0 Å². The van der Waals surface area contributed by atoms with Crippen molar-refractivity contribution in [1.82, 2.24) is 15.5 Å². The Kier molecular flexibility index (Phi) is 11.9. The van der Waals surface area contributed by atoms with E-state index in [4.69, 9.17) is 0 Å². The van der Waals surface area contributed by atoms with Crippen LogP contribution < -0.4 is 10.6 Å². The Morgan fingerprint density at radius 1 is 1.32 bits per heavy atom. The van der Waals surface area contributed by atoms with E-state index in [0.29, 0.717) is 6.04 Å². The molecule has 124 valence electrons. The minimum Gasteiger partial charge on any atom is -0.357 e. The van der Waals surface area contributed by atoms with E-state index in [1.165, 1.54) is 5.56 Å². The van der Waals surface area contributed by atoms with E-state index in [0.717, 1.165) is 32.1 Å². The highest BCUT2D eigenvalue weighted by Gasteiger charge is 2.09. The first-order valence-corrected chi connectivity index (χ1v) is 7.54. The largest absolute Gasteiger partial charge is 0.357 e. The molecular formula is C17H29IN4. The zero-order valence-corrected chi connectivity index (χ0v) is 16.2.